The van der Waals surface area contributed by atoms with Gasteiger partial charge in [0.15, 0.2) is 11.6 Å². The van der Waals surface area contributed by atoms with Crippen LogP contribution in [-0.2, 0) is 0 Å². The van der Waals surface area contributed by atoms with Gasteiger partial charge in [0, 0.05) is 31.1 Å². The Morgan fingerprint density at radius 2 is 2.23 bits per heavy atom. The Labute approximate surface area is 147 Å². The lowest BCUT2D eigenvalue weighted by molar-refractivity contribution is 0.400. The summed E-state index contributed by atoms with van der Waals surface area (Å²) in [5, 5.41) is 12.3. The van der Waals surface area contributed by atoms with Gasteiger partial charge >= 0.3 is 0 Å². The molecule has 0 fully saturated rings. The summed E-state index contributed by atoms with van der Waals surface area (Å²) in [6, 6.07) is 6.03. The number of hydrogen-bond donors (Lipinski definition) is 1. The zero-order chi connectivity index (χ0) is 18.1. The third-order valence-electron chi connectivity index (χ3n) is 4.07. The summed E-state index contributed by atoms with van der Waals surface area (Å²) in [6.07, 6.45) is 6.89. The lowest BCUT2D eigenvalue weighted by Crippen LogP contribution is -2.25. The van der Waals surface area contributed by atoms with Gasteiger partial charge in [0.2, 0.25) is 5.43 Å². The van der Waals surface area contributed by atoms with E-state index in [1.165, 1.54) is 24.1 Å². The van der Waals surface area contributed by atoms with Crippen LogP contribution in [0.3, 0.4) is 0 Å². The van der Waals surface area contributed by atoms with E-state index in [1.807, 2.05) is 0 Å². The van der Waals surface area contributed by atoms with Crippen LogP contribution in [0.1, 0.15) is 18.2 Å². The van der Waals surface area contributed by atoms with Crippen molar-refractivity contribution in [1.29, 1.82) is 0 Å². The first-order valence-corrected chi connectivity index (χ1v) is 7.92. The average molecular weight is 354 g/mol. The van der Waals surface area contributed by atoms with Gasteiger partial charge in [0.25, 0.3) is 0 Å². The second-order valence-corrected chi connectivity index (χ2v) is 5.67. The predicted molar refractivity (Wildman–Crippen MR) is 92.5 cm³/mol. The van der Waals surface area contributed by atoms with Crippen molar-refractivity contribution in [2.45, 2.75) is 12.5 Å². The van der Waals surface area contributed by atoms with Gasteiger partial charge in [-0.05, 0) is 18.2 Å². The molecule has 0 amide bonds. The van der Waals surface area contributed by atoms with E-state index in [4.69, 9.17) is 4.74 Å². The molecule has 26 heavy (non-hydrogen) atoms. The molecule has 3 aromatic rings. The number of rotatable bonds is 4. The number of hydrogen-bond acceptors (Lipinski definition) is 6. The average Bonchev–Trinajstić information content (AvgIpc) is 3.36. The highest BCUT2D eigenvalue weighted by Gasteiger charge is 2.22. The second kappa shape index (κ2) is 6.43. The molecule has 1 aliphatic heterocycles. The Morgan fingerprint density at radius 1 is 1.35 bits per heavy atom. The number of nitrogens with one attached hydrogen (secondary N) is 1. The van der Waals surface area contributed by atoms with Crippen molar-refractivity contribution >= 4 is 6.21 Å². The molecule has 1 aromatic carbocycles. The molecule has 0 bridgehead atoms. The maximum Gasteiger partial charge on any atom is 0.247 e. The van der Waals surface area contributed by atoms with E-state index in [0.717, 1.165) is 0 Å². The van der Waals surface area contributed by atoms with Crippen molar-refractivity contribution in [3.8, 4) is 17.1 Å². The summed E-state index contributed by atoms with van der Waals surface area (Å²) in [5.41, 5.74) is 3.46. The number of nitrogens with zero attached hydrogens (tertiary/aromatic N) is 5. The SMILES string of the molecule is COc1cn(-c2ccc(-n3cccn3)cc2F)nc(C2CC=NN2)c1=O. The van der Waals surface area contributed by atoms with Crippen molar-refractivity contribution < 1.29 is 9.13 Å². The van der Waals surface area contributed by atoms with Gasteiger partial charge in [0.1, 0.15) is 11.4 Å². The van der Waals surface area contributed by atoms with Gasteiger partial charge in [0.05, 0.1) is 25.0 Å². The molecule has 8 nitrogen and oxygen atoms in total. The van der Waals surface area contributed by atoms with Gasteiger partial charge in [-0.3, -0.25) is 4.79 Å². The molecular weight excluding hydrogens is 339 g/mol. The lowest BCUT2D eigenvalue weighted by Gasteiger charge is -2.14. The Kier molecular flexibility index (Phi) is 3.96. The van der Waals surface area contributed by atoms with Crippen LogP contribution in [-0.4, -0.2) is 32.9 Å². The van der Waals surface area contributed by atoms with Crippen LogP contribution in [0.2, 0.25) is 0 Å². The van der Waals surface area contributed by atoms with E-state index in [1.54, 1.807) is 41.5 Å². The molecule has 1 aliphatic rings. The quantitative estimate of drug-likeness (QED) is 0.769. The number of halogens is 1. The topological polar surface area (TPSA) is 86.3 Å². The van der Waals surface area contributed by atoms with Crippen molar-refractivity contribution in [2.24, 2.45) is 5.10 Å². The summed E-state index contributed by atoms with van der Waals surface area (Å²) in [5.74, 6) is -0.419. The second-order valence-electron chi connectivity index (χ2n) is 5.67. The fourth-order valence-corrected chi connectivity index (χ4v) is 2.75. The minimum Gasteiger partial charge on any atom is -0.491 e. The number of aromatic nitrogens is 4. The van der Waals surface area contributed by atoms with Crippen LogP contribution in [0.4, 0.5) is 4.39 Å². The first kappa shape index (κ1) is 16.0. The van der Waals surface area contributed by atoms with E-state index in [9.17, 15) is 9.18 Å². The summed E-state index contributed by atoms with van der Waals surface area (Å²) < 4.78 is 22.7. The summed E-state index contributed by atoms with van der Waals surface area (Å²) >= 11 is 0. The normalized spacial score (nSPS) is 15.8. The maximum atomic E-state index is 14.7. The summed E-state index contributed by atoms with van der Waals surface area (Å²) in [7, 11) is 1.39. The number of ether oxygens (including phenoxy) is 1. The molecule has 0 spiro atoms. The minimum atomic E-state index is -0.502. The Morgan fingerprint density at radius 3 is 2.88 bits per heavy atom. The lowest BCUT2D eigenvalue weighted by atomic mass is 10.1. The third kappa shape index (κ3) is 2.73. The maximum absolute atomic E-state index is 14.7. The Bertz CT molecular complexity index is 1020. The van der Waals surface area contributed by atoms with E-state index < -0.39 is 5.82 Å². The van der Waals surface area contributed by atoms with Gasteiger partial charge in [-0.2, -0.15) is 15.3 Å². The van der Waals surface area contributed by atoms with Gasteiger partial charge in [-0.15, -0.1) is 0 Å². The van der Waals surface area contributed by atoms with Gasteiger partial charge in [-0.25, -0.2) is 13.8 Å². The van der Waals surface area contributed by atoms with E-state index in [0.29, 0.717) is 12.1 Å². The molecule has 0 aliphatic carbocycles. The summed E-state index contributed by atoms with van der Waals surface area (Å²) in [6.45, 7) is 0. The predicted octanol–water partition coefficient (Wildman–Crippen LogP) is 1.59. The molecule has 2 aromatic heterocycles. The standard InChI is InChI=1S/C17H15FN6O2/c1-26-15-10-24(22-16(17(15)25)13-5-7-19-21-13)14-4-3-11(9-12(14)18)23-8-2-6-20-23/h2-4,6-10,13,21H,5H2,1H3. The molecule has 4 rings (SSSR count). The first-order chi connectivity index (χ1) is 12.7. The third-order valence-corrected chi connectivity index (χ3v) is 4.07. The van der Waals surface area contributed by atoms with Gasteiger partial charge < -0.3 is 10.2 Å². The summed E-state index contributed by atoms with van der Waals surface area (Å²) in [4.78, 5) is 12.5. The van der Waals surface area contributed by atoms with Crippen molar-refractivity contribution in [2.75, 3.05) is 7.11 Å². The zero-order valence-corrected chi connectivity index (χ0v) is 13.8. The number of benzene rings is 1. The van der Waals surface area contributed by atoms with Crippen molar-refractivity contribution in [1.82, 2.24) is 25.0 Å². The molecule has 0 radical (unpaired) electrons. The molecule has 1 atom stereocenters. The molecule has 132 valence electrons. The van der Waals surface area contributed by atoms with Crippen LogP contribution in [0.25, 0.3) is 11.4 Å². The molecule has 0 saturated heterocycles. The smallest absolute Gasteiger partial charge is 0.247 e. The molecule has 1 unspecified atom stereocenters. The fraction of sp³-hybridized carbons (Fsp3) is 0.176. The molecular formula is C17H15FN6O2. The van der Waals surface area contributed by atoms with Crippen molar-refractivity contribution in [3.05, 3.63) is 64.6 Å². The molecule has 0 saturated carbocycles. The highest BCUT2D eigenvalue weighted by atomic mass is 19.1. The van der Waals surface area contributed by atoms with Crippen LogP contribution in [0, 0.1) is 5.82 Å². The van der Waals surface area contributed by atoms with Gasteiger partial charge in [-0.1, -0.05) is 0 Å². The highest BCUT2D eigenvalue weighted by molar-refractivity contribution is 5.60. The van der Waals surface area contributed by atoms with Crippen LogP contribution in [0.15, 0.2) is 52.8 Å². The molecule has 1 N–H and O–H groups in total. The van der Waals surface area contributed by atoms with Crippen LogP contribution >= 0.6 is 0 Å². The van der Waals surface area contributed by atoms with Crippen molar-refractivity contribution in [3.63, 3.8) is 0 Å². The van der Waals surface area contributed by atoms with Crippen LogP contribution in [0.5, 0.6) is 5.75 Å². The zero-order valence-electron chi connectivity index (χ0n) is 13.8. The molecule has 3 heterocycles. The highest BCUT2D eigenvalue weighted by Crippen LogP contribution is 2.21. The Balaban J connectivity index is 1.80. The largest absolute Gasteiger partial charge is 0.491 e. The first-order valence-electron chi connectivity index (χ1n) is 7.92. The number of methoxy groups -OCH3 is 1. The minimum absolute atomic E-state index is 0.0826. The molecule has 9 heteroatoms. The van der Waals surface area contributed by atoms with E-state index >= 15 is 0 Å². The monoisotopic (exact) mass is 354 g/mol. The number of hydrazone groups is 1. The fourth-order valence-electron chi connectivity index (χ4n) is 2.75. The van der Waals surface area contributed by atoms with E-state index in [2.05, 4.69) is 20.7 Å². The Hall–Kier alpha value is -3.49. The van der Waals surface area contributed by atoms with E-state index in [-0.39, 0.29) is 28.6 Å². The van der Waals surface area contributed by atoms with Crippen LogP contribution < -0.4 is 15.6 Å².